The molecule has 11 heteroatoms. The summed E-state index contributed by atoms with van der Waals surface area (Å²) < 4.78 is 14.7. The normalized spacial score (nSPS) is 9.71. The van der Waals surface area contributed by atoms with Gasteiger partial charge in [0.2, 0.25) is 0 Å². The van der Waals surface area contributed by atoms with Crippen molar-refractivity contribution in [2.24, 2.45) is 0 Å². The predicted octanol–water partition coefficient (Wildman–Crippen LogP) is 0.0709. The standard InChI is InChI=1S/C13H23B2N3O6/c1-2-22-13(21)18(7-9-23-11(19)16-5-3-14)8-10-24-12(20)17-6-4-15/h2-10H2,1H3,(H,16,19)(H,17,20). The van der Waals surface area contributed by atoms with E-state index in [1.807, 2.05) is 0 Å². The zero-order valence-corrected chi connectivity index (χ0v) is 13.9. The lowest BCUT2D eigenvalue weighted by Crippen LogP contribution is -2.39. The number of amides is 3. The summed E-state index contributed by atoms with van der Waals surface area (Å²) in [4.78, 5) is 35.6. The molecule has 0 unspecified atom stereocenters. The molecule has 0 aliphatic carbocycles. The van der Waals surface area contributed by atoms with E-state index in [1.54, 1.807) is 6.92 Å². The van der Waals surface area contributed by atoms with E-state index in [9.17, 15) is 14.4 Å². The Morgan fingerprint density at radius 3 is 1.71 bits per heavy atom. The number of nitrogens with one attached hydrogen (secondary N) is 2. The average molecular weight is 339 g/mol. The van der Waals surface area contributed by atoms with Crippen molar-refractivity contribution in [3.05, 3.63) is 0 Å². The summed E-state index contributed by atoms with van der Waals surface area (Å²) in [6, 6.07) is 0. The lowest BCUT2D eigenvalue weighted by atomic mass is 10.1. The van der Waals surface area contributed by atoms with Crippen molar-refractivity contribution in [1.29, 1.82) is 0 Å². The van der Waals surface area contributed by atoms with Gasteiger partial charge in [-0.15, -0.1) is 0 Å². The third kappa shape index (κ3) is 11.5. The Morgan fingerprint density at radius 2 is 1.33 bits per heavy atom. The molecule has 0 aromatic carbocycles. The Bertz CT molecular complexity index is 361. The van der Waals surface area contributed by atoms with E-state index in [-0.39, 0.29) is 32.9 Å². The van der Waals surface area contributed by atoms with Crippen LogP contribution in [0.4, 0.5) is 14.4 Å². The van der Waals surface area contributed by atoms with Crippen LogP contribution in [0.3, 0.4) is 0 Å². The van der Waals surface area contributed by atoms with Gasteiger partial charge in [-0.1, -0.05) is 12.6 Å². The Balaban J connectivity index is 4.16. The third-order valence-electron chi connectivity index (χ3n) is 2.54. The molecule has 4 radical (unpaired) electrons. The second kappa shape index (κ2) is 14.5. The molecule has 0 fully saturated rings. The van der Waals surface area contributed by atoms with E-state index in [2.05, 4.69) is 10.6 Å². The molecule has 0 aromatic rings. The van der Waals surface area contributed by atoms with Gasteiger partial charge in [-0.2, -0.15) is 0 Å². The summed E-state index contributed by atoms with van der Waals surface area (Å²) in [5, 5.41) is 4.86. The van der Waals surface area contributed by atoms with Gasteiger partial charge in [-0.3, -0.25) is 0 Å². The maximum Gasteiger partial charge on any atom is 0.409 e. The summed E-state index contributed by atoms with van der Waals surface area (Å²) in [6.45, 7) is 2.60. The van der Waals surface area contributed by atoms with Crippen molar-refractivity contribution in [1.82, 2.24) is 15.5 Å². The highest BCUT2D eigenvalue weighted by Gasteiger charge is 2.16. The fourth-order valence-electron chi connectivity index (χ4n) is 1.46. The van der Waals surface area contributed by atoms with Crippen molar-refractivity contribution in [3.8, 4) is 0 Å². The van der Waals surface area contributed by atoms with Crippen LogP contribution in [0.2, 0.25) is 12.6 Å². The van der Waals surface area contributed by atoms with Crippen molar-refractivity contribution in [2.75, 3.05) is 46.0 Å². The summed E-state index contributed by atoms with van der Waals surface area (Å²) >= 11 is 0. The molecule has 24 heavy (non-hydrogen) atoms. The van der Waals surface area contributed by atoms with E-state index >= 15 is 0 Å². The molecule has 3 amide bonds. The van der Waals surface area contributed by atoms with Gasteiger partial charge in [-0.25, -0.2) is 14.4 Å². The monoisotopic (exact) mass is 339 g/mol. The lowest BCUT2D eigenvalue weighted by Gasteiger charge is -2.21. The first-order chi connectivity index (χ1) is 11.5. The number of carbonyl (C=O) groups excluding carboxylic acids is 3. The van der Waals surface area contributed by atoms with Gasteiger partial charge in [0.15, 0.2) is 0 Å². The van der Waals surface area contributed by atoms with Gasteiger partial charge in [0.05, 0.1) is 35.4 Å². The summed E-state index contributed by atoms with van der Waals surface area (Å²) in [7, 11) is 10.5. The largest absolute Gasteiger partial charge is 0.450 e. The lowest BCUT2D eigenvalue weighted by molar-refractivity contribution is 0.0772. The van der Waals surface area contributed by atoms with Crippen LogP contribution >= 0.6 is 0 Å². The number of hydrogen-bond acceptors (Lipinski definition) is 6. The highest BCUT2D eigenvalue weighted by atomic mass is 16.6. The third-order valence-corrected chi connectivity index (χ3v) is 2.54. The molecule has 0 heterocycles. The molecule has 0 spiro atoms. The molecule has 0 aromatic heterocycles. The van der Waals surface area contributed by atoms with Crippen LogP contribution in [0.25, 0.3) is 0 Å². The Hall–Kier alpha value is -2.06. The Morgan fingerprint density at radius 1 is 0.875 bits per heavy atom. The van der Waals surface area contributed by atoms with Crippen LogP contribution in [-0.2, 0) is 14.2 Å². The van der Waals surface area contributed by atoms with Gasteiger partial charge < -0.3 is 29.7 Å². The van der Waals surface area contributed by atoms with Gasteiger partial charge in [0.25, 0.3) is 0 Å². The summed E-state index contributed by atoms with van der Waals surface area (Å²) in [6.07, 6.45) is -1.24. The summed E-state index contributed by atoms with van der Waals surface area (Å²) in [5.41, 5.74) is 0. The van der Waals surface area contributed by atoms with E-state index in [0.717, 1.165) is 0 Å². The zero-order chi connectivity index (χ0) is 18.2. The first-order valence-electron chi connectivity index (χ1n) is 7.68. The topological polar surface area (TPSA) is 106 Å². The summed E-state index contributed by atoms with van der Waals surface area (Å²) in [5.74, 6) is 0. The predicted molar refractivity (Wildman–Crippen MR) is 88.4 cm³/mol. The molecule has 132 valence electrons. The van der Waals surface area contributed by atoms with E-state index in [0.29, 0.717) is 25.7 Å². The Kier molecular flexibility index (Phi) is 13.3. The first-order valence-corrected chi connectivity index (χ1v) is 7.68. The molecular weight excluding hydrogens is 316 g/mol. The molecule has 0 atom stereocenters. The van der Waals surface area contributed by atoms with Gasteiger partial charge in [-0.05, 0) is 6.92 Å². The van der Waals surface area contributed by atoms with E-state index in [4.69, 9.17) is 29.9 Å². The van der Waals surface area contributed by atoms with Crippen LogP contribution in [-0.4, -0.2) is 84.9 Å². The minimum absolute atomic E-state index is 0.0331. The second-order valence-corrected chi connectivity index (χ2v) is 4.39. The highest BCUT2D eigenvalue weighted by molar-refractivity contribution is 6.08. The minimum atomic E-state index is -0.623. The molecule has 0 bridgehead atoms. The maximum absolute atomic E-state index is 11.8. The number of nitrogens with zero attached hydrogens (tertiary/aromatic N) is 1. The molecule has 0 saturated heterocycles. The fourth-order valence-corrected chi connectivity index (χ4v) is 1.46. The quantitative estimate of drug-likeness (QED) is 0.408. The maximum atomic E-state index is 11.8. The fraction of sp³-hybridized carbons (Fsp3) is 0.769. The first kappa shape index (κ1) is 21.9. The molecule has 0 saturated carbocycles. The smallest absolute Gasteiger partial charge is 0.409 e. The molecular formula is C13H23B2N3O6. The zero-order valence-electron chi connectivity index (χ0n) is 13.9. The molecule has 0 aliphatic heterocycles. The van der Waals surface area contributed by atoms with E-state index in [1.165, 1.54) is 4.90 Å². The van der Waals surface area contributed by atoms with Crippen molar-refractivity contribution >= 4 is 34.0 Å². The van der Waals surface area contributed by atoms with Gasteiger partial charge in [0, 0.05) is 13.1 Å². The van der Waals surface area contributed by atoms with Crippen LogP contribution in [0.15, 0.2) is 0 Å². The van der Waals surface area contributed by atoms with Crippen molar-refractivity contribution in [3.63, 3.8) is 0 Å². The van der Waals surface area contributed by atoms with Crippen LogP contribution in [0.1, 0.15) is 6.92 Å². The number of hydrogen-bond donors (Lipinski definition) is 2. The molecule has 0 aliphatic rings. The van der Waals surface area contributed by atoms with E-state index < -0.39 is 18.3 Å². The van der Waals surface area contributed by atoms with Gasteiger partial charge >= 0.3 is 18.3 Å². The highest BCUT2D eigenvalue weighted by Crippen LogP contribution is 1.96. The van der Waals surface area contributed by atoms with Crippen LogP contribution < -0.4 is 10.6 Å². The SMILES string of the molecule is [B]CCNC(=O)OCCN(CCOC(=O)NCC[B])C(=O)OCC. The number of ether oxygens (including phenoxy) is 3. The minimum Gasteiger partial charge on any atom is -0.450 e. The van der Waals surface area contributed by atoms with Gasteiger partial charge in [0.1, 0.15) is 13.2 Å². The van der Waals surface area contributed by atoms with Crippen LogP contribution in [0, 0.1) is 0 Å². The molecule has 0 rings (SSSR count). The van der Waals surface area contributed by atoms with Crippen molar-refractivity contribution in [2.45, 2.75) is 19.6 Å². The van der Waals surface area contributed by atoms with Crippen molar-refractivity contribution < 1.29 is 28.6 Å². The Labute approximate surface area is 144 Å². The number of rotatable bonds is 11. The second-order valence-electron chi connectivity index (χ2n) is 4.39. The molecule has 2 N–H and O–H groups in total. The van der Waals surface area contributed by atoms with Crippen LogP contribution in [0.5, 0.6) is 0 Å². The molecule has 9 nitrogen and oxygen atoms in total. The number of alkyl carbamates (subject to hydrolysis) is 2. The number of carbonyl (C=O) groups is 3. The average Bonchev–Trinajstić information content (AvgIpc) is 2.56.